The number of aryl methyl sites for hydroxylation is 1. The van der Waals surface area contributed by atoms with E-state index >= 15 is 0 Å². The zero-order valence-corrected chi connectivity index (χ0v) is 17.6. The molecule has 2 aromatic carbocycles. The Hall–Kier alpha value is -3.77. The summed E-state index contributed by atoms with van der Waals surface area (Å²) in [5, 5.41) is 13.3. The number of benzene rings is 2. The average Bonchev–Trinajstić information content (AvgIpc) is 3.35. The molecule has 3 aromatic heterocycles. The summed E-state index contributed by atoms with van der Waals surface area (Å²) >= 11 is 0. The summed E-state index contributed by atoms with van der Waals surface area (Å²) in [6.07, 6.45) is 2.93. The van der Waals surface area contributed by atoms with Crippen LogP contribution in [0.25, 0.3) is 33.2 Å². The van der Waals surface area contributed by atoms with Gasteiger partial charge in [0.05, 0.1) is 25.4 Å². The molecule has 0 aliphatic heterocycles. The Balaban J connectivity index is 1.81. The third kappa shape index (κ3) is 3.04. The molecular weight excluding hydrogens is 390 g/mol. The minimum Gasteiger partial charge on any atom is -0.493 e. The van der Waals surface area contributed by atoms with Gasteiger partial charge in [-0.15, -0.1) is 0 Å². The zero-order chi connectivity index (χ0) is 21.5. The fraction of sp³-hybridized carbons (Fsp3) is 0.160. The van der Waals surface area contributed by atoms with Gasteiger partial charge in [-0.1, -0.05) is 30.3 Å². The molecule has 5 rings (SSSR count). The van der Waals surface area contributed by atoms with Crippen LogP contribution in [-0.4, -0.2) is 33.4 Å². The van der Waals surface area contributed by atoms with Crippen LogP contribution in [0.15, 0.2) is 73.1 Å². The van der Waals surface area contributed by atoms with Gasteiger partial charge in [0.1, 0.15) is 5.65 Å². The molecule has 0 aliphatic carbocycles. The number of fused-ring (bicyclic) bond motifs is 2. The highest BCUT2D eigenvalue weighted by Gasteiger charge is 2.22. The molecule has 156 valence electrons. The zero-order valence-electron chi connectivity index (χ0n) is 17.6. The van der Waals surface area contributed by atoms with Crippen molar-refractivity contribution in [3.05, 3.63) is 78.6 Å². The number of aliphatic hydroxyl groups excluding tert-OH is 1. The van der Waals surface area contributed by atoms with Crippen molar-refractivity contribution in [1.82, 2.24) is 14.1 Å². The molecular formula is C25H23N3O3. The van der Waals surface area contributed by atoms with Crippen molar-refractivity contribution in [3.63, 3.8) is 0 Å². The Morgan fingerprint density at radius 1 is 0.935 bits per heavy atom. The Labute approximate surface area is 179 Å². The molecule has 0 saturated heterocycles. The maximum Gasteiger partial charge on any atom is 0.162 e. The van der Waals surface area contributed by atoms with E-state index in [4.69, 9.17) is 9.47 Å². The lowest BCUT2D eigenvalue weighted by molar-refractivity contribution is 0.152. The topological polar surface area (TPSA) is 61.4 Å². The second-order valence-corrected chi connectivity index (χ2v) is 7.48. The van der Waals surface area contributed by atoms with Crippen LogP contribution in [0, 0.1) is 0 Å². The van der Waals surface area contributed by atoms with Crippen molar-refractivity contribution >= 4 is 21.9 Å². The normalized spacial score (nSPS) is 12.4. The molecule has 0 spiro atoms. The van der Waals surface area contributed by atoms with Gasteiger partial charge in [0, 0.05) is 47.4 Å². The molecule has 5 aromatic rings. The van der Waals surface area contributed by atoms with Crippen LogP contribution in [0.2, 0.25) is 0 Å². The molecule has 1 atom stereocenters. The molecule has 6 heteroatoms. The van der Waals surface area contributed by atoms with Crippen molar-refractivity contribution in [3.8, 4) is 22.8 Å². The smallest absolute Gasteiger partial charge is 0.162 e. The van der Waals surface area contributed by atoms with Crippen LogP contribution >= 0.6 is 0 Å². The quantitative estimate of drug-likeness (QED) is 0.452. The van der Waals surface area contributed by atoms with Crippen molar-refractivity contribution < 1.29 is 14.6 Å². The minimum absolute atomic E-state index is 0.659. The summed E-state index contributed by atoms with van der Waals surface area (Å²) in [7, 11) is 5.26. The summed E-state index contributed by atoms with van der Waals surface area (Å²) in [5.41, 5.74) is 4.39. The summed E-state index contributed by atoms with van der Waals surface area (Å²) in [5.74, 6) is 1.33. The SMILES string of the molecule is COc1cc2c(-c3cc4cccnc4n3C(O)c3ccccc3)cn(C)c2cc1OC. The Kier molecular flexibility index (Phi) is 4.64. The number of hydrogen-bond donors (Lipinski definition) is 1. The Morgan fingerprint density at radius 2 is 1.68 bits per heavy atom. The number of methoxy groups -OCH3 is 2. The van der Waals surface area contributed by atoms with E-state index in [2.05, 4.69) is 21.8 Å². The van der Waals surface area contributed by atoms with Gasteiger partial charge in [-0.2, -0.15) is 0 Å². The van der Waals surface area contributed by atoms with Gasteiger partial charge in [0.15, 0.2) is 17.7 Å². The summed E-state index contributed by atoms with van der Waals surface area (Å²) in [6.45, 7) is 0. The monoisotopic (exact) mass is 413 g/mol. The molecule has 31 heavy (non-hydrogen) atoms. The highest BCUT2D eigenvalue weighted by Crippen LogP contribution is 2.40. The van der Waals surface area contributed by atoms with E-state index < -0.39 is 6.23 Å². The highest BCUT2D eigenvalue weighted by molar-refractivity contribution is 5.99. The number of ether oxygens (including phenoxy) is 2. The maximum atomic E-state index is 11.4. The van der Waals surface area contributed by atoms with E-state index in [0.29, 0.717) is 11.5 Å². The van der Waals surface area contributed by atoms with Gasteiger partial charge in [0.25, 0.3) is 0 Å². The number of rotatable bonds is 5. The largest absolute Gasteiger partial charge is 0.493 e. The molecule has 1 unspecified atom stereocenters. The van der Waals surface area contributed by atoms with Crippen molar-refractivity contribution in [2.45, 2.75) is 6.23 Å². The molecule has 3 heterocycles. The first-order valence-corrected chi connectivity index (χ1v) is 10.0. The molecule has 0 bridgehead atoms. The van der Waals surface area contributed by atoms with Crippen molar-refractivity contribution in [1.29, 1.82) is 0 Å². The molecule has 0 aliphatic rings. The van der Waals surface area contributed by atoms with Gasteiger partial charge in [-0.25, -0.2) is 4.98 Å². The Bertz CT molecular complexity index is 1390. The van der Waals surface area contributed by atoms with E-state index in [9.17, 15) is 5.11 Å². The van der Waals surface area contributed by atoms with Crippen LogP contribution < -0.4 is 9.47 Å². The van der Waals surface area contributed by atoms with Crippen LogP contribution in [0.5, 0.6) is 11.5 Å². The highest BCUT2D eigenvalue weighted by atomic mass is 16.5. The molecule has 0 fully saturated rings. The predicted octanol–water partition coefficient (Wildman–Crippen LogP) is 4.75. The van der Waals surface area contributed by atoms with Crippen LogP contribution in [0.4, 0.5) is 0 Å². The molecule has 0 radical (unpaired) electrons. The number of nitrogens with zero attached hydrogens (tertiary/aromatic N) is 3. The van der Waals surface area contributed by atoms with Crippen molar-refractivity contribution in [2.24, 2.45) is 7.05 Å². The van der Waals surface area contributed by atoms with Crippen LogP contribution in [0.1, 0.15) is 11.8 Å². The molecule has 1 N–H and O–H groups in total. The fourth-order valence-corrected chi connectivity index (χ4v) is 4.20. The summed E-state index contributed by atoms with van der Waals surface area (Å²) in [4.78, 5) is 4.57. The second kappa shape index (κ2) is 7.49. The van der Waals surface area contributed by atoms with Crippen LogP contribution in [0.3, 0.4) is 0 Å². The molecule has 6 nitrogen and oxygen atoms in total. The Morgan fingerprint density at radius 3 is 2.42 bits per heavy atom. The summed E-state index contributed by atoms with van der Waals surface area (Å²) in [6, 6.07) is 19.5. The minimum atomic E-state index is -0.876. The first-order chi connectivity index (χ1) is 15.1. The van der Waals surface area contributed by atoms with E-state index in [1.165, 1.54) is 0 Å². The second-order valence-electron chi connectivity index (χ2n) is 7.48. The fourth-order valence-electron chi connectivity index (χ4n) is 4.20. The van der Waals surface area contributed by atoms with E-state index in [-0.39, 0.29) is 0 Å². The van der Waals surface area contributed by atoms with Gasteiger partial charge in [-0.3, -0.25) is 4.57 Å². The van der Waals surface area contributed by atoms with Gasteiger partial charge in [-0.05, 0) is 24.3 Å². The standard InChI is InChI=1S/C25H23N3O3/c1-27-15-19(18-13-22(30-2)23(31-3)14-20(18)27)21-12-17-10-7-11-26-24(17)28(21)25(29)16-8-5-4-6-9-16/h4-15,25,29H,1-3H3. The first kappa shape index (κ1) is 19.2. The van der Waals surface area contributed by atoms with E-state index in [1.807, 2.05) is 66.2 Å². The molecule has 0 amide bonds. The lowest BCUT2D eigenvalue weighted by atomic mass is 10.1. The molecule has 0 saturated carbocycles. The number of pyridine rings is 1. The maximum absolute atomic E-state index is 11.4. The lowest BCUT2D eigenvalue weighted by Crippen LogP contribution is -2.11. The third-order valence-corrected chi connectivity index (χ3v) is 5.71. The van der Waals surface area contributed by atoms with Crippen molar-refractivity contribution in [2.75, 3.05) is 14.2 Å². The number of aromatic nitrogens is 3. The third-order valence-electron chi connectivity index (χ3n) is 5.71. The van der Waals surface area contributed by atoms with Crippen LogP contribution in [-0.2, 0) is 7.05 Å². The number of aliphatic hydroxyl groups is 1. The first-order valence-electron chi connectivity index (χ1n) is 10.0. The van der Waals surface area contributed by atoms with Gasteiger partial charge < -0.3 is 19.1 Å². The summed E-state index contributed by atoms with van der Waals surface area (Å²) < 4.78 is 15.0. The number of hydrogen-bond acceptors (Lipinski definition) is 4. The van der Waals surface area contributed by atoms with E-state index in [1.54, 1.807) is 20.4 Å². The van der Waals surface area contributed by atoms with Gasteiger partial charge in [0.2, 0.25) is 0 Å². The van der Waals surface area contributed by atoms with E-state index in [0.717, 1.165) is 38.8 Å². The lowest BCUT2D eigenvalue weighted by Gasteiger charge is -2.17. The average molecular weight is 413 g/mol. The van der Waals surface area contributed by atoms with Gasteiger partial charge >= 0.3 is 0 Å². The predicted molar refractivity (Wildman–Crippen MR) is 122 cm³/mol.